The third kappa shape index (κ3) is 6.15. The number of thiocarbonyl (C=S) groups is 1. The Labute approximate surface area is 176 Å². The van der Waals surface area contributed by atoms with Crippen LogP contribution in [0.3, 0.4) is 0 Å². The van der Waals surface area contributed by atoms with Gasteiger partial charge in [-0.1, -0.05) is 19.8 Å². The third-order valence-electron chi connectivity index (χ3n) is 4.50. The fourth-order valence-electron chi connectivity index (χ4n) is 2.94. The van der Waals surface area contributed by atoms with Crippen molar-refractivity contribution < 1.29 is 19.1 Å². The molecule has 1 aliphatic rings. The lowest BCUT2D eigenvalue weighted by atomic mass is 10.2. The van der Waals surface area contributed by atoms with Gasteiger partial charge in [0.1, 0.15) is 11.8 Å². The minimum Gasteiger partial charge on any atom is -0.494 e. The first kappa shape index (κ1) is 22.6. The van der Waals surface area contributed by atoms with E-state index in [4.69, 9.17) is 17.0 Å². The number of nitrogens with one attached hydrogen (secondary N) is 2. The second-order valence-electron chi connectivity index (χ2n) is 6.77. The van der Waals surface area contributed by atoms with Crippen molar-refractivity contribution in [1.29, 1.82) is 0 Å². The lowest BCUT2D eigenvalue weighted by Gasteiger charge is -2.24. The molecule has 2 rings (SSSR count). The predicted molar refractivity (Wildman–Crippen MR) is 114 cm³/mol. The number of hydrogen-bond donors (Lipinski definition) is 2. The van der Waals surface area contributed by atoms with E-state index in [1.54, 1.807) is 24.3 Å². The molecule has 1 atom stereocenters. The fourth-order valence-corrected chi connectivity index (χ4v) is 3.20. The number of anilines is 1. The Kier molecular flexibility index (Phi) is 8.38. The summed E-state index contributed by atoms with van der Waals surface area (Å²) in [4.78, 5) is 38.5. The topological polar surface area (TPSA) is 91.0 Å². The molecule has 9 heteroatoms. The van der Waals surface area contributed by atoms with E-state index in [2.05, 4.69) is 17.7 Å². The largest absolute Gasteiger partial charge is 0.494 e. The maximum atomic E-state index is 12.5. The van der Waals surface area contributed by atoms with E-state index in [1.807, 2.05) is 6.92 Å². The molecule has 0 aromatic heterocycles. The molecule has 0 spiro atoms. The van der Waals surface area contributed by atoms with Crippen molar-refractivity contribution in [2.45, 2.75) is 52.0 Å². The normalized spacial score (nSPS) is 16.2. The van der Waals surface area contributed by atoms with Crippen molar-refractivity contribution in [2.24, 2.45) is 0 Å². The molecule has 29 heavy (non-hydrogen) atoms. The van der Waals surface area contributed by atoms with Gasteiger partial charge < -0.3 is 10.1 Å². The van der Waals surface area contributed by atoms with E-state index in [-0.39, 0.29) is 29.3 Å². The summed E-state index contributed by atoms with van der Waals surface area (Å²) in [7, 11) is 1.53. The van der Waals surface area contributed by atoms with Crippen molar-refractivity contribution >= 4 is 40.7 Å². The van der Waals surface area contributed by atoms with Gasteiger partial charge >= 0.3 is 0 Å². The molecule has 1 heterocycles. The zero-order valence-corrected chi connectivity index (χ0v) is 17.9. The maximum absolute atomic E-state index is 12.5. The van der Waals surface area contributed by atoms with E-state index in [0.717, 1.165) is 19.3 Å². The number of amides is 3. The molecule has 1 fully saturated rings. The van der Waals surface area contributed by atoms with Crippen LogP contribution in [0, 0.1) is 0 Å². The number of likely N-dealkylation sites (N-methyl/N-ethyl adjacent to an activating group) is 1. The molecular weight excluding hydrogens is 392 g/mol. The Morgan fingerprint density at radius 2 is 1.83 bits per heavy atom. The van der Waals surface area contributed by atoms with Gasteiger partial charge in [-0.25, -0.2) is 5.01 Å². The van der Waals surface area contributed by atoms with E-state index in [0.29, 0.717) is 24.5 Å². The molecule has 1 aromatic rings. The van der Waals surface area contributed by atoms with Crippen LogP contribution < -0.4 is 15.5 Å². The summed E-state index contributed by atoms with van der Waals surface area (Å²) in [5, 5.41) is 4.26. The summed E-state index contributed by atoms with van der Waals surface area (Å²) in [6.07, 6.45) is 2.92. The Bertz CT molecular complexity index is 753. The second-order valence-corrected chi connectivity index (χ2v) is 7.13. The number of unbranched alkanes of at least 4 members (excludes halogenated alkanes) is 2. The van der Waals surface area contributed by atoms with Crippen LogP contribution in [0.1, 0.15) is 46.0 Å². The van der Waals surface area contributed by atoms with Gasteiger partial charge in [-0.2, -0.15) is 0 Å². The zero-order chi connectivity index (χ0) is 21.4. The molecule has 2 N–H and O–H groups in total. The summed E-state index contributed by atoms with van der Waals surface area (Å²) in [5.41, 5.74) is 3.28. The molecule has 0 aliphatic carbocycles. The minimum atomic E-state index is -0.870. The first-order valence-corrected chi connectivity index (χ1v) is 10.2. The Hall–Kier alpha value is -2.68. The van der Waals surface area contributed by atoms with E-state index in [9.17, 15) is 14.4 Å². The second kappa shape index (κ2) is 10.8. The van der Waals surface area contributed by atoms with Crippen molar-refractivity contribution in [3.8, 4) is 5.75 Å². The van der Waals surface area contributed by atoms with Crippen LogP contribution >= 0.6 is 12.2 Å². The Morgan fingerprint density at radius 3 is 2.45 bits per heavy atom. The predicted octanol–water partition coefficient (Wildman–Crippen LogP) is 2.45. The molecule has 158 valence electrons. The lowest BCUT2D eigenvalue weighted by molar-refractivity contribution is -0.132. The number of carbonyl (C=O) groups excluding carboxylic acids is 3. The van der Waals surface area contributed by atoms with Crippen LogP contribution in [0.2, 0.25) is 0 Å². The highest BCUT2D eigenvalue weighted by Crippen LogP contribution is 2.20. The summed E-state index contributed by atoms with van der Waals surface area (Å²) in [6.45, 7) is 4.51. The summed E-state index contributed by atoms with van der Waals surface area (Å²) >= 11 is 5.26. The molecule has 1 saturated heterocycles. The van der Waals surface area contributed by atoms with Crippen LogP contribution in [-0.2, 0) is 14.4 Å². The average Bonchev–Trinajstić information content (AvgIpc) is 2.88. The summed E-state index contributed by atoms with van der Waals surface area (Å²) in [6, 6.07) is 6.09. The quantitative estimate of drug-likeness (QED) is 0.446. The highest BCUT2D eigenvalue weighted by molar-refractivity contribution is 7.80. The molecule has 0 radical (unpaired) electrons. The molecule has 0 bridgehead atoms. The number of hydrogen-bond acceptors (Lipinski definition) is 5. The Morgan fingerprint density at radius 1 is 1.14 bits per heavy atom. The van der Waals surface area contributed by atoms with E-state index < -0.39 is 6.04 Å². The minimum absolute atomic E-state index is 0.133. The van der Waals surface area contributed by atoms with Gasteiger partial charge in [0, 0.05) is 19.2 Å². The zero-order valence-electron chi connectivity index (χ0n) is 17.1. The van der Waals surface area contributed by atoms with Gasteiger partial charge in [0.05, 0.1) is 13.0 Å². The van der Waals surface area contributed by atoms with Crippen LogP contribution in [-0.4, -0.2) is 52.4 Å². The van der Waals surface area contributed by atoms with Gasteiger partial charge in [-0.3, -0.25) is 24.7 Å². The van der Waals surface area contributed by atoms with Crippen molar-refractivity contribution in [3.05, 3.63) is 24.3 Å². The van der Waals surface area contributed by atoms with Crippen molar-refractivity contribution in [3.63, 3.8) is 0 Å². The van der Waals surface area contributed by atoms with Gasteiger partial charge in [-0.15, -0.1) is 0 Å². The van der Waals surface area contributed by atoms with E-state index in [1.165, 1.54) is 17.0 Å². The molecule has 1 aromatic carbocycles. The standard InChI is InChI=1S/C20H28N4O4S/c1-4-6-7-8-17(25)22-24-16(19(27)23(3)20(24)29)13-18(26)21-14-9-11-15(12-10-14)28-5-2/h9-12,16H,4-8,13H2,1-3H3,(H,21,26)(H,22,25). The van der Waals surface area contributed by atoms with Crippen LogP contribution in [0.5, 0.6) is 5.75 Å². The monoisotopic (exact) mass is 420 g/mol. The number of carbonyl (C=O) groups is 3. The number of hydrazine groups is 1. The highest BCUT2D eigenvalue weighted by atomic mass is 32.1. The van der Waals surface area contributed by atoms with Gasteiger partial charge in [-0.05, 0) is 49.8 Å². The van der Waals surface area contributed by atoms with Gasteiger partial charge in [0.25, 0.3) is 5.91 Å². The van der Waals surface area contributed by atoms with Gasteiger partial charge in [0.2, 0.25) is 11.8 Å². The molecule has 3 amide bonds. The maximum Gasteiger partial charge on any atom is 0.253 e. The van der Waals surface area contributed by atoms with Gasteiger partial charge in [0.15, 0.2) is 5.11 Å². The summed E-state index contributed by atoms with van der Waals surface area (Å²) < 4.78 is 5.37. The smallest absolute Gasteiger partial charge is 0.253 e. The van der Waals surface area contributed by atoms with Crippen molar-refractivity contribution in [1.82, 2.24) is 15.3 Å². The van der Waals surface area contributed by atoms with Crippen molar-refractivity contribution in [2.75, 3.05) is 19.0 Å². The first-order chi connectivity index (χ1) is 13.9. The fraction of sp³-hybridized carbons (Fsp3) is 0.500. The lowest BCUT2D eigenvalue weighted by Crippen LogP contribution is -2.49. The SMILES string of the molecule is CCCCCC(=O)NN1C(=S)N(C)C(=O)C1CC(=O)Nc1ccc(OCC)cc1. The van der Waals surface area contributed by atoms with E-state index >= 15 is 0 Å². The molecule has 8 nitrogen and oxygen atoms in total. The molecule has 1 unspecified atom stereocenters. The van der Waals surface area contributed by atoms with Crippen LogP contribution in [0.4, 0.5) is 5.69 Å². The number of benzene rings is 1. The molecular formula is C20H28N4O4S. The third-order valence-corrected chi connectivity index (χ3v) is 4.97. The molecule has 1 aliphatic heterocycles. The Balaban J connectivity index is 1.99. The number of nitrogens with zero attached hydrogens (tertiary/aromatic N) is 2. The number of rotatable bonds is 10. The number of ether oxygens (including phenoxy) is 1. The average molecular weight is 421 g/mol. The first-order valence-electron chi connectivity index (χ1n) is 9.80. The molecule has 0 saturated carbocycles. The van der Waals surface area contributed by atoms with Crippen LogP contribution in [0.25, 0.3) is 0 Å². The highest BCUT2D eigenvalue weighted by Gasteiger charge is 2.42. The van der Waals surface area contributed by atoms with Crippen LogP contribution in [0.15, 0.2) is 24.3 Å². The summed E-state index contributed by atoms with van der Waals surface area (Å²) in [5.74, 6) is -0.192.